The normalized spacial score (nSPS) is 15.9. The molecular formula is C33H52N8O6. The fourth-order valence-electron chi connectivity index (χ4n) is 5.74. The summed E-state index contributed by atoms with van der Waals surface area (Å²) in [6, 6.07) is 4.97. The fraction of sp³-hybridized carbons (Fsp3) is 0.636. The quantitative estimate of drug-likeness (QED) is 0.237. The van der Waals surface area contributed by atoms with Gasteiger partial charge < -0.3 is 24.0 Å². The van der Waals surface area contributed by atoms with E-state index in [1.54, 1.807) is 29.1 Å². The number of rotatable bonds is 11. The maximum absolute atomic E-state index is 11.5. The van der Waals surface area contributed by atoms with Crippen molar-refractivity contribution >= 4 is 17.9 Å². The van der Waals surface area contributed by atoms with Gasteiger partial charge in [-0.3, -0.25) is 14.5 Å². The van der Waals surface area contributed by atoms with Crippen LogP contribution in [0.1, 0.15) is 82.8 Å². The Kier molecular flexibility index (Phi) is 16.1. The molecule has 2 aliphatic rings. The number of H-pyrrole nitrogens is 1. The van der Waals surface area contributed by atoms with E-state index in [4.69, 9.17) is 4.74 Å². The van der Waals surface area contributed by atoms with Crippen molar-refractivity contribution in [3.63, 3.8) is 0 Å². The van der Waals surface area contributed by atoms with Gasteiger partial charge in [-0.1, -0.05) is 0 Å². The Morgan fingerprint density at radius 1 is 0.766 bits per heavy atom. The highest BCUT2D eigenvalue weighted by atomic mass is 16.5. The predicted molar refractivity (Wildman–Crippen MR) is 176 cm³/mol. The minimum atomic E-state index is -0.396. The number of esters is 3. The first-order valence-electron chi connectivity index (χ1n) is 16.4. The number of carbonyl (C=O) groups excluding carboxylic acids is 3. The van der Waals surface area contributed by atoms with E-state index in [1.165, 1.54) is 92.2 Å². The van der Waals surface area contributed by atoms with E-state index in [-0.39, 0.29) is 11.9 Å². The van der Waals surface area contributed by atoms with Crippen LogP contribution in [0.15, 0.2) is 36.8 Å². The van der Waals surface area contributed by atoms with Gasteiger partial charge in [0, 0.05) is 31.7 Å². The number of nitrogens with zero attached hydrogens (tertiary/aromatic N) is 7. The Morgan fingerprint density at radius 3 is 1.87 bits per heavy atom. The standard InChI is InChI=1S/2C14H23N3O2.C5H6N2O2/c1-16-10-6-12(7-11-16)4-3-9-17-13(5-8-15-17)14(18)19-2;1-16-9-5-12(6-10-16)4-3-8-17-11-7-13(15-17)14(18)19-2;1-9-5(8)4-2-3-6-7-4/h5,8,12H,3-4,6-7,9-11H2,1-2H3;7,11-12H,3-6,8-10H2,1-2H3;2-3H,1H3,(H,6,7). The molecule has 0 spiro atoms. The van der Waals surface area contributed by atoms with Crippen LogP contribution in [-0.2, 0) is 27.3 Å². The average molecular weight is 657 g/mol. The van der Waals surface area contributed by atoms with Crippen molar-refractivity contribution in [2.24, 2.45) is 11.8 Å². The molecule has 0 amide bonds. The second kappa shape index (κ2) is 20.3. The van der Waals surface area contributed by atoms with Crippen LogP contribution in [0.5, 0.6) is 0 Å². The summed E-state index contributed by atoms with van der Waals surface area (Å²) in [4.78, 5) is 38.1. The van der Waals surface area contributed by atoms with Crippen LogP contribution in [-0.4, -0.2) is 119 Å². The van der Waals surface area contributed by atoms with E-state index >= 15 is 0 Å². The van der Waals surface area contributed by atoms with Crippen molar-refractivity contribution in [2.75, 3.05) is 61.6 Å². The third-order valence-corrected chi connectivity index (χ3v) is 8.71. The third kappa shape index (κ3) is 12.9. The lowest BCUT2D eigenvalue weighted by Gasteiger charge is -2.28. The topological polar surface area (TPSA) is 150 Å². The lowest BCUT2D eigenvalue weighted by atomic mass is 9.92. The number of nitrogens with one attached hydrogen (secondary N) is 1. The van der Waals surface area contributed by atoms with Crippen molar-refractivity contribution < 1.29 is 28.6 Å². The van der Waals surface area contributed by atoms with Gasteiger partial charge in [-0.05, 0) is 122 Å². The lowest BCUT2D eigenvalue weighted by Crippen LogP contribution is -2.30. The summed E-state index contributed by atoms with van der Waals surface area (Å²) < 4.78 is 17.3. The predicted octanol–water partition coefficient (Wildman–Crippen LogP) is 3.78. The van der Waals surface area contributed by atoms with Crippen molar-refractivity contribution in [1.82, 2.24) is 39.6 Å². The molecule has 0 radical (unpaired) electrons. The molecule has 47 heavy (non-hydrogen) atoms. The highest BCUT2D eigenvalue weighted by Gasteiger charge is 2.18. The van der Waals surface area contributed by atoms with Gasteiger partial charge >= 0.3 is 17.9 Å². The van der Waals surface area contributed by atoms with E-state index in [0.717, 1.165) is 37.8 Å². The maximum Gasteiger partial charge on any atom is 0.358 e. The van der Waals surface area contributed by atoms with Gasteiger partial charge in [0.25, 0.3) is 0 Å². The smallest absolute Gasteiger partial charge is 0.358 e. The van der Waals surface area contributed by atoms with Crippen LogP contribution in [0.25, 0.3) is 0 Å². The SMILES string of the molecule is COC(=O)c1ccn(CCCC2CCN(C)CC2)n1.COC(=O)c1ccn[nH]1.COC(=O)c1ccnn1CCCC1CCN(C)CC1. The first-order valence-corrected chi connectivity index (χ1v) is 16.4. The number of hydrogen-bond acceptors (Lipinski definition) is 11. The van der Waals surface area contributed by atoms with Crippen LogP contribution in [0.2, 0.25) is 0 Å². The molecule has 3 aromatic rings. The van der Waals surface area contributed by atoms with E-state index in [1.807, 2.05) is 10.9 Å². The van der Waals surface area contributed by atoms with Crippen molar-refractivity contribution in [1.29, 1.82) is 0 Å². The number of likely N-dealkylation sites (tertiary alicyclic amines) is 2. The first kappa shape index (κ1) is 37.4. The Balaban J connectivity index is 0.000000204. The van der Waals surface area contributed by atoms with E-state index in [9.17, 15) is 14.4 Å². The monoisotopic (exact) mass is 656 g/mol. The van der Waals surface area contributed by atoms with Crippen LogP contribution < -0.4 is 0 Å². The van der Waals surface area contributed by atoms with Crippen LogP contribution in [0, 0.1) is 11.8 Å². The second-order valence-electron chi connectivity index (χ2n) is 12.1. The molecule has 0 aromatic carbocycles. The van der Waals surface area contributed by atoms with E-state index < -0.39 is 5.97 Å². The van der Waals surface area contributed by atoms with E-state index in [2.05, 4.69) is 53.8 Å². The molecule has 0 unspecified atom stereocenters. The third-order valence-electron chi connectivity index (χ3n) is 8.71. The number of aryl methyl sites for hydroxylation is 2. The summed E-state index contributed by atoms with van der Waals surface area (Å²) in [5.41, 5.74) is 1.31. The first-order chi connectivity index (χ1) is 22.7. The summed E-state index contributed by atoms with van der Waals surface area (Å²) in [7, 11) is 8.47. The number of aromatic nitrogens is 6. The van der Waals surface area contributed by atoms with Gasteiger partial charge in [-0.2, -0.15) is 15.3 Å². The Hall–Kier alpha value is -4.04. The van der Waals surface area contributed by atoms with Gasteiger partial charge in [0.15, 0.2) is 5.69 Å². The summed E-state index contributed by atoms with van der Waals surface area (Å²) in [5.74, 6) is 0.610. The molecule has 5 heterocycles. The summed E-state index contributed by atoms with van der Waals surface area (Å²) in [6.07, 6.45) is 14.9. The molecule has 0 saturated carbocycles. The molecule has 2 saturated heterocycles. The Morgan fingerprint density at radius 2 is 1.34 bits per heavy atom. The number of carbonyl (C=O) groups is 3. The summed E-state index contributed by atoms with van der Waals surface area (Å²) in [5, 5.41) is 14.4. The summed E-state index contributed by atoms with van der Waals surface area (Å²) >= 11 is 0. The van der Waals surface area contributed by atoms with Crippen LogP contribution in [0.4, 0.5) is 0 Å². The molecule has 2 aliphatic heterocycles. The molecule has 2 fully saturated rings. The van der Waals surface area contributed by atoms with Crippen molar-refractivity contribution in [3.05, 3.63) is 53.9 Å². The molecule has 1 N–H and O–H groups in total. The average Bonchev–Trinajstić information content (AvgIpc) is 3.89. The molecule has 260 valence electrons. The molecule has 3 aromatic heterocycles. The number of ether oxygens (including phenoxy) is 3. The lowest BCUT2D eigenvalue weighted by molar-refractivity contribution is 0.0579. The zero-order valence-electron chi connectivity index (χ0n) is 28.6. The van der Waals surface area contributed by atoms with Crippen molar-refractivity contribution in [2.45, 2.75) is 64.5 Å². The minimum absolute atomic E-state index is 0.309. The van der Waals surface area contributed by atoms with E-state index in [0.29, 0.717) is 17.1 Å². The minimum Gasteiger partial charge on any atom is -0.464 e. The van der Waals surface area contributed by atoms with Crippen LogP contribution in [0.3, 0.4) is 0 Å². The molecule has 14 nitrogen and oxygen atoms in total. The Bertz CT molecular complexity index is 1320. The fourth-order valence-corrected chi connectivity index (χ4v) is 5.74. The molecular weight excluding hydrogens is 604 g/mol. The van der Waals surface area contributed by atoms with Gasteiger partial charge in [0.05, 0.1) is 21.3 Å². The number of aromatic amines is 1. The molecule has 14 heteroatoms. The maximum atomic E-state index is 11.5. The molecule has 0 aliphatic carbocycles. The zero-order valence-corrected chi connectivity index (χ0v) is 28.6. The van der Waals surface area contributed by atoms with Crippen molar-refractivity contribution in [3.8, 4) is 0 Å². The number of piperidine rings is 2. The van der Waals surface area contributed by atoms with Gasteiger partial charge in [0.2, 0.25) is 0 Å². The highest BCUT2D eigenvalue weighted by molar-refractivity contribution is 5.87. The number of hydrogen-bond donors (Lipinski definition) is 1. The van der Waals surface area contributed by atoms with Crippen LogP contribution >= 0.6 is 0 Å². The largest absolute Gasteiger partial charge is 0.464 e. The number of methoxy groups -OCH3 is 3. The van der Waals surface area contributed by atoms with Gasteiger partial charge in [-0.15, -0.1) is 0 Å². The summed E-state index contributed by atoms with van der Waals surface area (Å²) in [6.45, 7) is 6.53. The molecule has 5 rings (SSSR count). The van der Waals surface area contributed by atoms with Gasteiger partial charge in [0.1, 0.15) is 11.4 Å². The highest BCUT2D eigenvalue weighted by Crippen LogP contribution is 2.22. The van der Waals surface area contributed by atoms with Gasteiger partial charge in [-0.25, -0.2) is 14.4 Å². The Labute approximate surface area is 277 Å². The molecule has 0 bridgehead atoms. The molecule has 0 atom stereocenters. The zero-order chi connectivity index (χ0) is 34.0. The second-order valence-corrected chi connectivity index (χ2v) is 12.1.